The molecule has 0 saturated carbocycles. The molecule has 5 nitrogen and oxygen atoms in total. The van der Waals surface area contributed by atoms with Crippen molar-refractivity contribution in [2.75, 3.05) is 11.5 Å². The average molecular weight is 325 g/mol. The molecule has 0 saturated heterocycles. The Labute approximate surface area is 128 Å². The third-order valence-electron chi connectivity index (χ3n) is 2.39. The highest BCUT2D eigenvalue weighted by atomic mass is 32.2. The van der Waals surface area contributed by atoms with Gasteiger partial charge in [0, 0.05) is 10.6 Å². The van der Waals surface area contributed by atoms with Crippen molar-refractivity contribution in [2.45, 2.75) is 4.90 Å². The molecule has 4 N–H and O–H groups in total. The van der Waals surface area contributed by atoms with Crippen molar-refractivity contribution in [3.05, 3.63) is 46.4 Å². The molecular weight excluding hydrogens is 313 g/mol. The van der Waals surface area contributed by atoms with Crippen LogP contribution in [0.4, 0.5) is 10.1 Å². The maximum atomic E-state index is 12.9. The van der Waals surface area contributed by atoms with E-state index >= 15 is 0 Å². The fraction of sp³-hybridized carbons (Fsp3) is 0.0769. The molecule has 1 aromatic heterocycles. The number of nitrogen functional groups attached to an aromatic ring is 1. The van der Waals surface area contributed by atoms with Crippen LogP contribution in [0.15, 0.2) is 40.6 Å². The van der Waals surface area contributed by atoms with Gasteiger partial charge in [0.05, 0.1) is 10.6 Å². The van der Waals surface area contributed by atoms with E-state index in [0.717, 1.165) is 11.8 Å². The Morgan fingerprint density at radius 3 is 2.76 bits per heavy atom. The summed E-state index contributed by atoms with van der Waals surface area (Å²) in [6.07, 6.45) is 0. The molecule has 2 amide bonds. The van der Waals surface area contributed by atoms with Crippen LogP contribution in [-0.2, 0) is 4.79 Å². The van der Waals surface area contributed by atoms with E-state index < -0.39 is 5.82 Å². The average Bonchev–Trinajstić information content (AvgIpc) is 2.98. The van der Waals surface area contributed by atoms with E-state index in [9.17, 15) is 14.0 Å². The monoisotopic (exact) mass is 325 g/mol. The molecule has 2 rings (SSSR count). The summed E-state index contributed by atoms with van der Waals surface area (Å²) in [5.74, 6) is -1.12. The minimum absolute atomic E-state index is 0.0561. The van der Waals surface area contributed by atoms with Gasteiger partial charge in [-0.25, -0.2) is 4.39 Å². The highest BCUT2D eigenvalue weighted by Crippen LogP contribution is 2.25. The van der Waals surface area contributed by atoms with Crippen molar-refractivity contribution in [2.24, 2.45) is 0 Å². The van der Waals surface area contributed by atoms with Crippen molar-refractivity contribution < 1.29 is 14.0 Å². The number of thioether (sulfide) groups is 1. The van der Waals surface area contributed by atoms with E-state index in [2.05, 4.69) is 10.9 Å². The zero-order chi connectivity index (χ0) is 15.2. The summed E-state index contributed by atoms with van der Waals surface area (Å²) in [6, 6.07) is 7.37. The summed E-state index contributed by atoms with van der Waals surface area (Å²) in [5.41, 5.74) is 10.5. The van der Waals surface area contributed by atoms with Gasteiger partial charge in [-0.05, 0) is 29.6 Å². The minimum Gasteiger partial charge on any atom is -0.398 e. The Hall–Kier alpha value is -2.06. The molecule has 0 radical (unpaired) electrons. The molecule has 8 heteroatoms. The number of nitrogens with two attached hydrogens (primary N) is 1. The number of benzene rings is 1. The third-order valence-corrected chi connectivity index (χ3v) is 4.35. The first kappa shape index (κ1) is 15.3. The van der Waals surface area contributed by atoms with Gasteiger partial charge in [-0.3, -0.25) is 20.4 Å². The molecule has 0 fully saturated rings. The summed E-state index contributed by atoms with van der Waals surface area (Å²) in [5, 5.41) is 1.77. The summed E-state index contributed by atoms with van der Waals surface area (Å²) in [4.78, 5) is 24.3. The summed E-state index contributed by atoms with van der Waals surface area (Å²) in [7, 11) is 0. The number of carbonyl (C=O) groups is 2. The molecule has 0 unspecified atom stereocenters. The zero-order valence-electron chi connectivity index (χ0n) is 10.8. The maximum absolute atomic E-state index is 12.9. The Morgan fingerprint density at radius 1 is 1.29 bits per heavy atom. The second-order valence-corrected chi connectivity index (χ2v) is 5.92. The molecule has 1 aromatic carbocycles. The fourth-order valence-electron chi connectivity index (χ4n) is 1.43. The van der Waals surface area contributed by atoms with Crippen LogP contribution in [0.1, 0.15) is 9.67 Å². The van der Waals surface area contributed by atoms with Crippen LogP contribution in [0, 0.1) is 5.82 Å². The Balaban J connectivity index is 1.78. The predicted octanol–water partition coefficient (Wildman–Crippen LogP) is 2.02. The molecule has 2 aromatic rings. The summed E-state index contributed by atoms with van der Waals surface area (Å²) < 4.78 is 12.9. The summed E-state index contributed by atoms with van der Waals surface area (Å²) in [6.45, 7) is 0. The van der Waals surface area contributed by atoms with Crippen LogP contribution in [0.25, 0.3) is 0 Å². The van der Waals surface area contributed by atoms with Gasteiger partial charge in [0.2, 0.25) is 5.91 Å². The number of hydrogen-bond acceptors (Lipinski definition) is 5. The van der Waals surface area contributed by atoms with Gasteiger partial charge in [-0.1, -0.05) is 6.07 Å². The molecule has 110 valence electrons. The van der Waals surface area contributed by atoms with Crippen LogP contribution < -0.4 is 16.6 Å². The number of hydrogen-bond donors (Lipinski definition) is 3. The fourth-order valence-corrected chi connectivity index (χ4v) is 2.79. The standard InChI is InChI=1S/C13H12FN3O2S2/c14-8-3-4-10(9(15)6-8)21-7-12(18)16-17-13(19)11-2-1-5-20-11/h1-6H,7,15H2,(H,16,18)(H,17,19). The number of nitrogens with one attached hydrogen (secondary N) is 2. The van der Waals surface area contributed by atoms with Gasteiger partial charge in [0.15, 0.2) is 0 Å². The number of thiophene rings is 1. The molecule has 0 spiro atoms. The highest BCUT2D eigenvalue weighted by Gasteiger charge is 2.09. The summed E-state index contributed by atoms with van der Waals surface area (Å²) >= 11 is 2.44. The second kappa shape index (κ2) is 7.09. The Kier molecular flexibility index (Phi) is 5.18. The first-order valence-corrected chi connectivity index (χ1v) is 7.73. The molecule has 0 atom stereocenters. The van der Waals surface area contributed by atoms with Gasteiger partial charge >= 0.3 is 0 Å². The maximum Gasteiger partial charge on any atom is 0.279 e. The van der Waals surface area contributed by atoms with Gasteiger partial charge < -0.3 is 5.73 Å². The molecule has 21 heavy (non-hydrogen) atoms. The van der Waals surface area contributed by atoms with Crippen LogP contribution in [0.5, 0.6) is 0 Å². The van der Waals surface area contributed by atoms with Crippen LogP contribution >= 0.6 is 23.1 Å². The number of rotatable bonds is 4. The van der Waals surface area contributed by atoms with Gasteiger partial charge in [0.25, 0.3) is 5.91 Å². The van der Waals surface area contributed by atoms with Crippen molar-refractivity contribution in [1.82, 2.24) is 10.9 Å². The normalized spacial score (nSPS) is 10.1. The van der Waals surface area contributed by atoms with Crippen molar-refractivity contribution in [3.8, 4) is 0 Å². The molecule has 0 aliphatic carbocycles. The van der Waals surface area contributed by atoms with Gasteiger partial charge in [0.1, 0.15) is 5.82 Å². The number of anilines is 1. The Morgan fingerprint density at radius 2 is 2.10 bits per heavy atom. The Bertz CT molecular complexity index is 647. The molecule has 1 heterocycles. The van der Waals surface area contributed by atoms with E-state index in [1.54, 1.807) is 17.5 Å². The lowest BCUT2D eigenvalue weighted by Crippen LogP contribution is -2.42. The van der Waals surface area contributed by atoms with E-state index in [1.165, 1.54) is 29.5 Å². The predicted molar refractivity (Wildman–Crippen MR) is 81.5 cm³/mol. The molecule has 0 aliphatic rings. The van der Waals surface area contributed by atoms with E-state index in [1.807, 2.05) is 0 Å². The third kappa shape index (κ3) is 4.47. The molecule has 0 aliphatic heterocycles. The van der Waals surface area contributed by atoms with E-state index in [-0.39, 0.29) is 23.3 Å². The minimum atomic E-state index is -0.426. The van der Waals surface area contributed by atoms with Crippen molar-refractivity contribution >= 4 is 40.6 Å². The first-order valence-electron chi connectivity index (χ1n) is 5.87. The largest absolute Gasteiger partial charge is 0.398 e. The molecular formula is C13H12FN3O2S2. The van der Waals surface area contributed by atoms with Gasteiger partial charge in [-0.15, -0.1) is 23.1 Å². The van der Waals surface area contributed by atoms with Gasteiger partial charge in [-0.2, -0.15) is 0 Å². The topological polar surface area (TPSA) is 84.2 Å². The second-order valence-electron chi connectivity index (χ2n) is 3.95. The quantitative estimate of drug-likeness (QED) is 0.456. The smallest absolute Gasteiger partial charge is 0.279 e. The number of hydrazine groups is 1. The van der Waals surface area contributed by atoms with Crippen molar-refractivity contribution in [3.63, 3.8) is 0 Å². The molecule has 0 bridgehead atoms. The van der Waals surface area contributed by atoms with Crippen LogP contribution in [0.3, 0.4) is 0 Å². The lowest BCUT2D eigenvalue weighted by atomic mass is 10.3. The lowest BCUT2D eigenvalue weighted by molar-refractivity contribution is -0.119. The van der Waals surface area contributed by atoms with E-state index in [4.69, 9.17) is 5.73 Å². The van der Waals surface area contributed by atoms with Crippen LogP contribution in [0.2, 0.25) is 0 Å². The SMILES string of the molecule is Nc1cc(F)ccc1SCC(=O)NNC(=O)c1cccs1. The number of carbonyl (C=O) groups excluding carboxylic acids is 2. The van der Waals surface area contributed by atoms with Crippen molar-refractivity contribution in [1.29, 1.82) is 0 Å². The lowest BCUT2D eigenvalue weighted by Gasteiger charge is -2.07. The first-order chi connectivity index (χ1) is 10.1. The van der Waals surface area contributed by atoms with Crippen LogP contribution in [-0.4, -0.2) is 17.6 Å². The number of halogens is 1. The number of amides is 2. The zero-order valence-corrected chi connectivity index (χ0v) is 12.4. The van der Waals surface area contributed by atoms with E-state index in [0.29, 0.717) is 9.77 Å². The highest BCUT2D eigenvalue weighted by molar-refractivity contribution is 8.00.